The summed E-state index contributed by atoms with van der Waals surface area (Å²) in [5.74, 6) is -0.199. The summed E-state index contributed by atoms with van der Waals surface area (Å²) in [6, 6.07) is 12.8. The fraction of sp³-hybridized carbons (Fsp3) is 0.188. The van der Waals surface area contributed by atoms with E-state index in [0.29, 0.717) is 12.0 Å². The number of carbonyl (C=O) groups is 1. The molecule has 1 amide bonds. The van der Waals surface area contributed by atoms with Gasteiger partial charge in [-0.1, -0.05) is 40.2 Å². The molecular formula is C16H13Br2NO2. The lowest BCUT2D eigenvalue weighted by molar-refractivity contribution is 0.0857. The van der Waals surface area contributed by atoms with Crippen LogP contribution in [0, 0.1) is 0 Å². The van der Waals surface area contributed by atoms with E-state index >= 15 is 0 Å². The van der Waals surface area contributed by atoms with Crippen LogP contribution in [0.15, 0.2) is 51.4 Å². The van der Waals surface area contributed by atoms with E-state index in [1.165, 1.54) is 0 Å². The number of fused-ring (bicyclic) bond motifs is 1. The van der Waals surface area contributed by atoms with E-state index in [-0.39, 0.29) is 11.9 Å². The van der Waals surface area contributed by atoms with Crippen LogP contribution in [0.25, 0.3) is 0 Å². The lowest BCUT2D eigenvalue weighted by atomic mass is 10.1. The Bertz CT molecular complexity index is 702. The first-order chi connectivity index (χ1) is 10.1. The van der Waals surface area contributed by atoms with Gasteiger partial charge in [-0.15, -0.1) is 0 Å². The van der Waals surface area contributed by atoms with Gasteiger partial charge in [0, 0.05) is 15.4 Å². The molecule has 2 aromatic rings. The summed E-state index contributed by atoms with van der Waals surface area (Å²) in [4.78, 5) is 12.4. The predicted molar refractivity (Wildman–Crippen MR) is 88.2 cm³/mol. The number of aliphatic hydroxyl groups is 1. The summed E-state index contributed by atoms with van der Waals surface area (Å²) in [6.07, 6.45) is -0.0108. The van der Waals surface area contributed by atoms with Crippen molar-refractivity contribution < 1.29 is 9.90 Å². The molecule has 2 aromatic carbocycles. The maximum absolute atomic E-state index is 12.4. The highest BCUT2D eigenvalue weighted by molar-refractivity contribution is 9.11. The Labute approximate surface area is 139 Å². The third-order valence-corrected chi connectivity index (χ3v) is 4.82. The number of benzene rings is 2. The summed E-state index contributed by atoms with van der Waals surface area (Å²) in [6.45, 7) is 0. The highest BCUT2D eigenvalue weighted by Gasteiger charge is 2.32. The predicted octanol–water partition coefficient (Wildman–Crippen LogP) is 3.60. The molecule has 5 heteroatoms. The fourth-order valence-electron chi connectivity index (χ4n) is 2.64. The Morgan fingerprint density at radius 3 is 2.71 bits per heavy atom. The molecule has 0 aliphatic heterocycles. The molecule has 0 unspecified atom stereocenters. The second-order valence-corrected chi connectivity index (χ2v) is 6.82. The van der Waals surface area contributed by atoms with E-state index in [2.05, 4.69) is 37.2 Å². The van der Waals surface area contributed by atoms with Gasteiger partial charge in [-0.25, -0.2) is 0 Å². The van der Waals surface area contributed by atoms with Crippen LogP contribution in [0.2, 0.25) is 0 Å². The first-order valence-corrected chi connectivity index (χ1v) is 8.16. The van der Waals surface area contributed by atoms with E-state index in [1.807, 2.05) is 36.4 Å². The van der Waals surface area contributed by atoms with Crippen molar-refractivity contribution in [3.05, 3.63) is 68.1 Å². The van der Waals surface area contributed by atoms with Gasteiger partial charge in [-0.05, 0) is 45.3 Å². The molecule has 1 aliphatic rings. The molecule has 0 spiro atoms. The Morgan fingerprint density at radius 2 is 1.95 bits per heavy atom. The zero-order valence-corrected chi connectivity index (χ0v) is 14.2. The molecule has 0 aromatic heterocycles. The zero-order valence-electron chi connectivity index (χ0n) is 11.0. The van der Waals surface area contributed by atoms with E-state index in [9.17, 15) is 9.90 Å². The van der Waals surface area contributed by atoms with Gasteiger partial charge in [0.1, 0.15) is 0 Å². The molecule has 0 saturated heterocycles. The standard InChI is InChI=1S/C16H13Br2NO2/c17-10-5-6-12(13(18)8-10)16(21)19-15-11-4-2-1-3-9(11)7-14(15)20/h1-6,8,14-15,20H,7H2,(H,19,21)/t14-,15+/m1/s1. The van der Waals surface area contributed by atoms with Gasteiger partial charge in [0.05, 0.1) is 17.7 Å². The number of carbonyl (C=O) groups excluding carboxylic acids is 1. The summed E-state index contributed by atoms with van der Waals surface area (Å²) >= 11 is 6.75. The van der Waals surface area contributed by atoms with Crippen molar-refractivity contribution in [2.45, 2.75) is 18.6 Å². The molecule has 2 atom stereocenters. The average molecular weight is 411 g/mol. The Kier molecular flexibility index (Phi) is 4.15. The third kappa shape index (κ3) is 2.91. The van der Waals surface area contributed by atoms with Crippen LogP contribution in [-0.4, -0.2) is 17.1 Å². The average Bonchev–Trinajstić information content (AvgIpc) is 2.75. The van der Waals surface area contributed by atoms with Gasteiger partial charge in [0.15, 0.2) is 0 Å². The van der Waals surface area contributed by atoms with Gasteiger partial charge < -0.3 is 10.4 Å². The van der Waals surface area contributed by atoms with Crippen molar-refractivity contribution in [3.8, 4) is 0 Å². The van der Waals surface area contributed by atoms with Gasteiger partial charge >= 0.3 is 0 Å². The van der Waals surface area contributed by atoms with Crippen molar-refractivity contribution in [1.29, 1.82) is 0 Å². The second kappa shape index (κ2) is 5.91. The molecule has 2 N–H and O–H groups in total. The van der Waals surface area contributed by atoms with Crippen molar-refractivity contribution in [2.75, 3.05) is 0 Å². The largest absolute Gasteiger partial charge is 0.390 e. The van der Waals surface area contributed by atoms with Crippen LogP contribution < -0.4 is 5.32 Å². The molecule has 0 heterocycles. The number of amides is 1. The van der Waals surface area contributed by atoms with E-state index in [0.717, 1.165) is 20.1 Å². The molecule has 3 nitrogen and oxygen atoms in total. The molecule has 0 bridgehead atoms. The lowest BCUT2D eigenvalue weighted by Crippen LogP contribution is -2.34. The van der Waals surface area contributed by atoms with Crippen molar-refractivity contribution in [3.63, 3.8) is 0 Å². The number of nitrogens with one attached hydrogen (secondary N) is 1. The molecule has 21 heavy (non-hydrogen) atoms. The van der Waals surface area contributed by atoms with Crippen molar-refractivity contribution >= 4 is 37.8 Å². The highest BCUT2D eigenvalue weighted by atomic mass is 79.9. The molecule has 0 saturated carbocycles. The third-order valence-electron chi connectivity index (χ3n) is 3.67. The minimum Gasteiger partial charge on any atom is -0.390 e. The molecule has 0 radical (unpaired) electrons. The van der Waals surface area contributed by atoms with Gasteiger partial charge in [-0.2, -0.15) is 0 Å². The van der Waals surface area contributed by atoms with Gasteiger partial charge in [0.25, 0.3) is 5.91 Å². The summed E-state index contributed by atoms with van der Waals surface area (Å²) in [7, 11) is 0. The van der Waals surface area contributed by atoms with Crippen LogP contribution in [0.4, 0.5) is 0 Å². The van der Waals surface area contributed by atoms with Crippen LogP contribution >= 0.6 is 31.9 Å². The van der Waals surface area contributed by atoms with Crippen LogP contribution in [0.3, 0.4) is 0 Å². The number of aliphatic hydroxyl groups excluding tert-OH is 1. The van der Waals surface area contributed by atoms with Crippen molar-refractivity contribution in [1.82, 2.24) is 5.32 Å². The maximum Gasteiger partial charge on any atom is 0.253 e. The maximum atomic E-state index is 12.4. The quantitative estimate of drug-likeness (QED) is 0.794. The van der Waals surface area contributed by atoms with Gasteiger partial charge in [-0.3, -0.25) is 4.79 Å². The SMILES string of the molecule is O=C(N[C@H]1c2ccccc2C[C@H]1O)c1ccc(Br)cc1Br. The van der Waals surface area contributed by atoms with E-state index < -0.39 is 6.10 Å². The first-order valence-electron chi connectivity index (χ1n) is 6.58. The molecular weight excluding hydrogens is 398 g/mol. The van der Waals surface area contributed by atoms with Crippen LogP contribution in [-0.2, 0) is 6.42 Å². The summed E-state index contributed by atoms with van der Waals surface area (Å²) < 4.78 is 1.62. The Hall–Kier alpha value is -1.17. The minimum absolute atomic E-state index is 0.199. The minimum atomic E-state index is -0.583. The number of hydrogen-bond acceptors (Lipinski definition) is 2. The molecule has 1 aliphatic carbocycles. The number of rotatable bonds is 2. The number of hydrogen-bond donors (Lipinski definition) is 2. The van der Waals surface area contributed by atoms with Crippen LogP contribution in [0.5, 0.6) is 0 Å². The molecule has 0 fully saturated rings. The Balaban J connectivity index is 1.85. The topological polar surface area (TPSA) is 49.3 Å². The molecule has 3 rings (SSSR count). The lowest BCUT2D eigenvalue weighted by Gasteiger charge is -2.18. The molecule has 108 valence electrons. The van der Waals surface area contributed by atoms with E-state index in [1.54, 1.807) is 6.07 Å². The summed E-state index contributed by atoms with van der Waals surface area (Å²) in [5, 5.41) is 13.1. The van der Waals surface area contributed by atoms with Gasteiger partial charge in [0.2, 0.25) is 0 Å². The number of halogens is 2. The monoisotopic (exact) mass is 409 g/mol. The van der Waals surface area contributed by atoms with Crippen molar-refractivity contribution in [2.24, 2.45) is 0 Å². The normalized spacial score (nSPS) is 20.1. The smallest absolute Gasteiger partial charge is 0.253 e. The zero-order chi connectivity index (χ0) is 15.0. The van der Waals surface area contributed by atoms with Crippen LogP contribution in [0.1, 0.15) is 27.5 Å². The fourth-order valence-corrected chi connectivity index (χ4v) is 3.87. The Morgan fingerprint density at radius 1 is 1.19 bits per heavy atom. The second-order valence-electron chi connectivity index (χ2n) is 5.05. The highest BCUT2D eigenvalue weighted by Crippen LogP contribution is 2.32. The van der Waals surface area contributed by atoms with E-state index in [4.69, 9.17) is 0 Å². The summed E-state index contributed by atoms with van der Waals surface area (Å²) in [5.41, 5.74) is 2.63. The first kappa shape index (κ1) is 14.8.